The SMILES string of the molecule is O=C(c1ccccc1)c1ccc[nH]1.O=c1[nH]cco1. The second kappa shape index (κ2) is 6.20. The third-order valence-corrected chi connectivity index (χ3v) is 2.32. The maximum absolute atomic E-state index is 11.7. The van der Waals surface area contributed by atoms with E-state index in [0.717, 1.165) is 0 Å². The lowest BCUT2D eigenvalue weighted by Crippen LogP contribution is -2.00. The molecule has 0 unspecified atom stereocenters. The smallest absolute Gasteiger partial charge is 0.416 e. The van der Waals surface area contributed by atoms with Gasteiger partial charge in [-0.15, -0.1) is 0 Å². The largest absolute Gasteiger partial charge is 0.417 e. The summed E-state index contributed by atoms with van der Waals surface area (Å²) in [5, 5.41) is 0. The average molecular weight is 256 g/mol. The van der Waals surface area contributed by atoms with Gasteiger partial charge >= 0.3 is 5.76 Å². The monoisotopic (exact) mass is 256 g/mol. The highest BCUT2D eigenvalue weighted by Crippen LogP contribution is 2.06. The second-order valence-electron chi connectivity index (χ2n) is 3.63. The minimum absolute atomic E-state index is 0.0330. The molecule has 2 N–H and O–H groups in total. The number of ketones is 1. The Balaban J connectivity index is 0.000000186. The van der Waals surface area contributed by atoms with Gasteiger partial charge in [-0.25, -0.2) is 4.79 Å². The fourth-order valence-corrected chi connectivity index (χ4v) is 1.45. The van der Waals surface area contributed by atoms with Crippen LogP contribution in [-0.4, -0.2) is 15.8 Å². The normalized spacial score (nSPS) is 9.47. The molecule has 96 valence electrons. The number of carbonyl (C=O) groups is 1. The van der Waals surface area contributed by atoms with Gasteiger partial charge in [-0.05, 0) is 12.1 Å². The van der Waals surface area contributed by atoms with Crippen molar-refractivity contribution in [1.29, 1.82) is 0 Å². The third-order valence-electron chi connectivity index (χ3n) is 2.32. The topological polar surface area (TPSA) is 78.9 Å². The van der Waals surface area contributed by atoms with Crippen molar-refractivity contribution in [2.24, 2.45) is 0 Å². The number of benzene rings is 1. The highest BCUT2D eigenvalue weighted by Gasteiger charge is 2.07. The zero-order chi connectivity index (χ0) is 13.5. The molecule has 0 bridgehead atoms. The maximum Gasteiger partial charge on any atom is 0.416 e. The molecule has 1 aromatic carbocycles. The van der Waals surface area contributed by atoms with E-state index in [0.29, 0.717) is 11.3 Å². The molecule has 3 rings (SSSR count). The summed E-state index contributed by atoms with van der Waals surface area (Å²) < 4.78 is 4.22. The van der Waals surface area contributed by atoms with Crippen LogP contribution in [0.4, 0.5) is 0 Å². The fraction of sp³-hybridized carbons (Fsp3) is 0. The molecular weight excluding hydrogens is 244 g/mol. The number of hydrogen-bond acceptors (Lipinski definition) is 3. The van der Waals surface area contributed by atoms with Crippen LogP contribution < -0.4 is 5.76 Å². The Labute approximate surface area is 108 Å². The standard InChI is InChI=1S/C11H9NO.C3H3NO2/c13-11(10-7-4-8-12-10)9-5-2-1-3-6-9;5-3-4-1-2-6-3/h1-8,12H;1-2H,(H,4,5). The van der Waals surface area contributed by atoms with Gasteiger partial charge in [0, 0.05) is 18.0 Å². The van der Waals surface area contributed by atoms with Crippen molar-refractivity contribution < 1.29 is 9.21 Å². The minimum Gasteiger partial charge on any atom is -0.417 e. The van der Waals surface area contributed by atoms with Gasteiger partial charge in [0.15, 0.2) is 0 Å². The lowest BCUT2D eigenvalue weighted by Gasteiger charge is -1.96. The number of oxazole rings is 1. The van der Waals surface area contributed by atoms with E-state index in [4.69, 9.17) is 0 Å². The molecule has 2 aromatic heterocycles. The zero-order valence-corrected chi connectivity index (χ0v) is 10.00. The lowest BCUT2D eigenvalue weighted by molar-refractivity contribution is 0.103. The molecule has 0 saturated heterocycles. The number of carbonyl (C=O) groups excluding carboxylic acids is 1. The van der Waals surface area contributed by atoms with Gasteiger partial charge in [-0.3, -0.25) is 9.78 Å². The summed E-state index contributed by atoms with van der Waals surface area (Å²) in [6.45, 7) is 0. The fourth-order valence-electron chi connectivity index (χ4n) is 1.45. The summed E-state index contributed by atoms with van der Waals surface area (Å²) in [4.78, 5) is 26.7. The van der Waals surface area contributed by atoms with Crippen molar-refractivity contribution in [2.45, 2.75) is 0 Å². The van der Waals surface area contributed by atoms with Crippen LogP contribution in [0, 0.1) is 0 Å². The van der Waals surface area contributed by atoms with Gasteiger partial charge in [-0.2, -0.15) is 0 Å². The van der Waals surface area contributed by atoms with Gasteiger partial charge < -0.3 is 9.40 Å². The molecule has 0 spiro atoms. The molecule has 0 aliphatic rings. The minimum atomic E-state index is -0.407. The summed E-state index contributed by atoms with van der Waals surface area (Å²) in [7, 11) is 0. The van der Waals surface area contributed by atoms with Gasteiger partial charge in [0.2, 0.25) is 5.78 Å². The first kappa shape index (κ1) is 12.6. The van der Waals surface area contributed by atoms with Crippen LogP contribution in [-0.2, 0) is 0 Å². The molecule has 19 heavy (non-hydrogen) atoms. The third kappa shape index (κ3) is 3.57. The molecule has 2 heterocycles. The predicted octanol–water partition coefficient (Wildman–Crippen LogP) is 2.21. The summed E-state index contributed by atoms with van der Waals surface area (Å²) in [5.41, 5.74) is 1.34. The van der Waals surface area contributed by atoms with Gasteiger partial charge in [0.05, 0.1) is 5.69 Å². The van der Waals surface area contributed by atoms with Crippen LogP contribution in [0.1, 0.15) is 16.1 Å². The Kier molecular flexibility index (Phi) is 4.12. The van der Waals surface area contributed by atoms with E-state index in [1.165, 1.54) is 12.5 Å². The van der Waals surface area contributed by atoms with Crippen LogP contribution in [0.2, 0.25) is 0 Å². The quantitative estimate of drug-likeness (QED) is 0.690. The summed E-state index contributed by atoms with van der Waals surface area (Å²) in [5.74, 6) is -0.374. The molecule has 0 saturated carbocycles. The first-order chi connectivity index (χ1) is 9.27. The maximum atomic E-state index is 11.7. The van der Waals surface area contributed by atoms with Crippen LogP contribution in [0.15, 0.2) is 70.3 Å². The molecule has 0 aliphatic carbocycles. The Morgan fingerprint density at radius 3 is 2.21 bits per heavy atom. The lowest BCUT2D eigenvalue weighted by atomic mass is 10.1. The Morgan fingerprint density at radius 2 is 1.74 bits per heavy atom. The predicted molar refractivity (Wildman–Crippen MR) is 70.0 cm³/mol. The summed E-state index contributed by atoms with van der Waals surface area (Å²) in [6.07, 6.45) is 4.47. The average Bonchev–Trinajstić information content (AvgIpc) is 3.12. The van der Waals surface area contributed by atoms with Crippen LogP contribution >= 0.6 is 0 Å². The Morgan fingerprint density at radius 1 is 0.947 bits per heavy atom. The number of nitrogens with one attached hydrogen (secondary N) is 2. The molecule has 0 atom stereocenters. The van der Waals surface area contributed by atoms with E-state index in [-0.39, 0.29) is 5.78 Å². The summed E-state index contributed by atoms with van der Waals surface area (Å²) >= 11 is 0. The van der Waals surface area contributed by atoms with E-state index in [1.807, 2.05) is 36.4 Å². The van der Waals surface area contributed by atoms with E-state index in [2.05, 4.69) is 14.4 Å². The number of aromatic amines is 2. The van der Waals surface area contributed by atoms with Gasteiger partial charge in [0.25, 0.3) is 0 Å². The van der Waals surface area contributed by atoms with Crippen molar-refractivity contribution in [2.75, 3.05) is 0 Å². The molecule has 0 aliphatic heterocycles. The second-order valence-corrected chi connectivity index (χ2v) is 3.63. The van der Waals surface area contributed by atoms with Gasteiger partial charge in [0.1, 0.15) is 6.26 Å². The molecule has 3 aromatic rings. The highest BCUT2D eigenvalue weighted by atomic mass is 16.4. The first-order valence-electron chi connectivity index (χ1n) is 5.62. The number of aromatic nitrogens is 2. The van der Waals surface area contributed by atoms with Crippen molar-refractivity contribution in [1.82, 2.24) is 9.97 Å². The van der Waals surface area contributed by atoms with Gasteiger partial charge in [-0.1, -0.05) is 30.3 Å². The van der Waals surface area contributed by atoms with E-state index >= 15 is 0 Å². The van der Waals surface area contributed by atoms with Crippen LogP contribution in [0.3, 0.4) is 0 Å². The van der Waals surface area contributed by atoms with Crippen molar-refractivity contribution in [3.05, 3.63) is 82.9 Å². The molecular formula is C14H12N2O3. The van der Waals surface area contributed by atoms with E-state index in [9.17, 15) is 9.59 Å². The first-order valence-corrected chi connectivity index (χ1v) is 5.62. The number of H-pyrrole nitrogens is 2. The van der Waals surface area contributed by atoms with E-state index < -0.39 is 5.76 Å². The molecule has 5 nitrogen and oxygen atoms in total. The number of hydrogen-bond donors (Lipinski definition) is 2. The Hall–Kier alpha value is -2.82. The zero-order valence-electron chi connectivity index (χ0n) is 10.00. The van der Waals surface area contributed by atoms with E-state index in [1.54, 1.807) is 12.3 Å². The van der Waals surface area contributed by atoms with Crippen molar-refractivity contribution in [3.63, 3.8) is 0 Å². The van der Waals surface area contributed by atoms with Crippen LogP contribution in [0.25, 0.3) is 0 Å². The molecule has 0 amide bonds. The van der Waals surface area contributed by atoms with Crippen LogP contribution in [0.5, 0.6) is 0 Å². The molecule has 5 heteroatoms. The molecule has 0 radical (unpaired) electrons. The summed E-state index contributed by atoms with van der Waals surface area (Å²) in [6, 6.07) is 12.8. The van der Waals surface area contributed by atoms with Crippen molar-refractivity contribution >= 4 is 5.78 Å². The highest BCUT2D eigenvalue weighted by molar-refractivity contribution is 6.07. The molecule has 0 fully saturated rings. The van der Waals surface area contributed by atoms with Crippen molar-refractivity contribution in [3.8, 4) is 0 Å². The number of rotatable bonds is 2. The Bertz CT molecular complexity index is 649.